The van der Waals surface area contributed by atoms with Gasteiger partial charge >= 0.3 is 17.9 Å². The summed E-state index contributed by atoms with van der Waals surface area (Å²) in [4.78, 5) is 36.5. The molecule has 0 aromatic carbocycles. The van der Waals surface area contributed by atoms with Crippen LogP contribution in [-0.4, -0.2) is 59.6 Å². The van der Waals surface area contributed by atoms with Crippen molar-refractivity contribution in [3.63, 3.8) is 0 Å². The molecule has 0 saturated heterocycles. The predicted octanol–water partition coefficient (Wildman–Crippen LogP) is 3.65. The van der Waals surface area contributed by atoms with Crippen molar-refractivity contribution in [2.24, 2.45) is 46.3 Å². The van der Waals surface area contributed by atoms with Gasteiger partial charge in [-0.15, -0.1) is 0 Å². The largest absolute Gasteiger partial charge is 0.469 e. The molecular weight excluding hydrogens is 476 g/mol. The molecule has 4 aliphatic rings. The zero-order valence-corrected chi connectivity index (χ0v) is 23.3. The molecule has 2 N–H and O–H groups in total. The van der Waals surface area contributed by atoms with Crippen molar-refractivity contribution in [2.75, 3.05) is 7.11 Å². The van der Waals surface area contributed by atoms with Crippen molar-refractivity contribution in [3.05, 3.63) is 0 Å². The third-order valence-electron chi connectivity index (χ3n) is 11.2. The smallest absolute Gasteiger partial charge is 0.305 e. The van der Waals surface area contributed by atoms with Crippen molar-refractivity contribution in [3.8, 4) is 0 Å². The zero-order valence-electron chi connectivity index (χ0n) is 23.3. The number of hydrogen-bond donors (Lipinski definition) is 2. The molecule has 8 heteroatoms. The molecule has 0 aliphatic heterocycles. The number of ether oxygens (including phenoxy) is 3. The van der Waals surface area contributed by atoms with E-state index in [2.05, 4.69) is 20.8 Å². The number of carbonyl (C=O) groups is 3. The number of esters is 3. The average Bonchev–Trinajstić information content (AvgIpc) is 3.17. The Balaban J connectivity index is 1.74. The lowest BCUT2D eigenvalue weighted by Gasteiger charge is -2.65. The maximum atomic E-state index is 12.4. The van der Waals surface area contributed by atoms with E-state index in [-0.39, 0.29) is 71.0 Å². The molecule has 12 atom stereocenters. The van der Waals surface area contributed by atoms with E-state index in [1.807, 2.05) is 0 Å². The number of carbonyl (C=O) groups excluding carboxylic acids is 3. The summed E-state index contributed by atoms with van der Waals surface area (Å²) in [6, 6.07) is 0. The van der Waals surface area contributed by atoms with E-state index < -0.39 is 17.6 Å². The summed E-state index contributed by atoms with van der Waals surface area (Å²) in [5.41, 5.74) is -0.808. The Kier molecular flexibility index (Phi) is 8.03. The van der Waals surface area contributed by atoms with Crippen LogP contribution in [0.25, 0.3) is 0 Å². The predicted molar refractivity (Wildman–Crippen MR) is 135 cm³/mol. The molecule has 0 amide bonds. The molecular formula is C29H46O8. The molecule has 0 aromatic heterocycles. The highest BCUT2D eigenvalue weighted by Gasteiger charge is 2.69. The fourth-order valence-corrected chi connectivity index (χ4v) is 9.51. The van der Waals surface area contributed by atoms with Crippen molar-refractivity contribution in [1.82, 2.24) is 0 Å². The van der Waals surface area contributed by atoms with Gasteiger partial charge in [0.1, 0.15) is 12.2 Å². The van der Waals surface area contributed by atoms with Gasteiger partial charge in [-0.25, -0.2) is 0 Å². The minimum atomic E-state index is -0.675. The molecule has 210 valence electrons. The third kappa shape index (κ3) is 4.81. The quantitative estimate of drug-likeness (QED) is 0.401. The fraction of sp³-hybridized carbons (Fsp3) is 0.897. The second kappa shape index (κ2) is 10.5. The first-order valence-corrected chi connectivity index (χ1v) is 14.1. The van der Waals surface area contributed by atoms with Gasteiger partial charge in [-0.1, -0.05) is 20.8 Å². The van der Waals surface area contributed by atoms with Gasteiger partial charge in [-0.3, -0.25) is 14.4 Å². The lowest BCUT2D eigenvalue weighted by molar-refractivity contribution is -0.243. The minimum absolute atomic E-state index is 0.00958. The molecule has 0 radical (unpaired) electrons. The number of fused-ring (bicyclic) bond motifs is 5. The summed E-state index contributed by atoms with van der Waals surface area (Å²) in [5, 5.41) is 21.9. The van der Waals surface area contributed by atoms with Gasteiger partial charge in [-0.05, 0) is 80.0 Å². The fourth-order valence-electron chi connectivity index (χ4n) is 9.51. The average molecular weight is 523 g/mol. The number of methoxy groups -OCH3 is 1. The first-order chi connectivity index (χ1) is 17.3. The van der Waals surface area contributed by atoms with Gasteiger partial charge in [0.15, 0.2) is 0 Å². The third-order valence-corrected chi connectivity index (χ3v) is 11.2. The van der Waals surface area contributed by atoms with Crippen LogP contribution in [0.2, 0.25) is 0 Å². The lowest BCUT2D eigenvalue weighted by Crippen LogP contribution is -2.66. The molecule has 0 spiro atoms. The monoisotopic (exact) mass is 522 g/mol. The Morgan fingerprint density at radius 3 is 2.22 bits per heavy atom. The lowest BCUT2D eigenvalue weighted by atomic mass is 9.42. The van der Waals surface area contributed by atoms with E-state index in [0.29, 0.717) is 38.5 Å². The van der Waals surface area contributed by atoms with Crippen LogP contribution in [0.1, 0.15) is 86.0 Å². The number of hydrogen-bond acceptors (Lipinski definition) is 8. The SMILES string of the molecule is COC(=O)CC[C@@H](C)[C@H]1CC[C@H]2C3C(C[C@H](OC(C)=O)[C@]12C)[C@]1(C)[C@@H](C[C@@H](O)C[C@H]1O)C[C@H]3OC(C)=O. The van der Waals surface area contributed by atoms with Crippen molar-refractivity contribution >= 4 is 17.9 Å². The van der Waals surface area contributed by atoms with E-state index in [1.165, 1.54) is 21.0 Å². The Morgan fingerprint density at radius 1 is 0.919 bits per heavy atom. The maximum absolute atomic E-state index is 12.4. The van der Waals surface area contributed by atoms with E-state index in [1.54, 1.807) is 0 Å². The number of rotatable bonds is 6. The van der Waals surface area contributed by atoms with E-state index in [0.717, 1.165) is 12.8 Å². The van der Waals surface area contributed by atoms with Gasteiger partial charge in [0.25, 0.3) is 0 Å². The Labute approximate surface area is 220 Å². The summed E-state index contributed by atoms with van der Waals surface area (Å²) in [7, 11) is 1.41. The highest BCUT2D eigenvalue weighted by Crippen LogP contribution is 2.69. The van der Waals surface area contributed by atoms with E-state index in [4.69, 9.17) is 14.2 Å². The van der Waals surface area contributed by atoms with Gasteiger partial charge in [0.2, 0.25) is 0 Å². The van der Waals surface area contributed by atoms with Gasteiger partial charge < -0.3 is 24.4 Å². The summed E-state index contributed by atoms with van der Waals surface area (Å²) < 4.78 is 17.0. The highest BCUT2D eigenvalue weighted by molar-refractivity contribution is 5.69. The van der Waals surface area contributed by atoms with Gasteiger partial charge in [0, 0.05) is 31.6 Å². The summed E-state index contributed by atoms with van der Waals surface area (Å²) >= 11 is 0. The molecule has 8 nitrogen and oxygen atoms in total. The summed E-state index contributed by atoms with van der Waals surface area (Å²) in [6.45, 7) is 9.44. The van der Waals surface area contributed by atoms with Crippen LogP contribution in [0.3, 0.4) is 0 Å². The zero-order chi connectivity index (χ0) is 27.3. The van der Waals surface area contributed by atoms with Crippen LogP contribution in [0, 0.1) is 46.3 Å². The molecule has 2 unspecified atom stereocenters. The van der Waals surface area contributed by atoms with Crippen LogP contribution in [0.15, 0.2) is 0 Å². The number of aliphatic hydroxyl groups excluding tert-OH is 2. The van der Waals surface area contributed by atoms with Crippen LogP contribution in [0.4, 0.5) is 0 Å². The Morgan fingerprint density at radius 2 is 1.59 bits per heavy atom. The second-order valence-electron chi connectivity index (χ2n) is 12.9. The van der Waals surface area contributed by atoms with E-state index >= 15 is 0 Å². The van der Waals surface area contributed by atoms with Crippen molar-refractivity contribution < 1.29 is 38.8 Å². The Bertz CT molecular complexity index is 889. The molecule has 0 bridgehead atoms. The summed E-state index contributed by atoms with van der Waals surface area (Å²) in [6.07, 6.45) is 3.14. The second-order valence-corrected chi connectivity index (χ2v) is 12.9. The molecule has 4 saturated carbocycles. The van der Waals surface area contributed by atoms with E-state index in [9.17, 15) is 24.6 Å². The van der Waals surface area contributed by atoms with Gasteiger partial charge in [-0.2, -0.15) is 0 Å². The summed E-state index contributed by atoms with van der Waals surface area (Å²) in [5.74, 6) is -0.222. The maximum Gasteiger partial charge on any atom is 0.305 e. The van der Waals surface area contributed by atoms with Crippen LogP contribution in [-0.2, 0) is 28.6 Å². The standard InChI is InChI=1S/C29H46O8/c1-15(7-10-26(34)35-6)20-8-9-21-27-22(14-25(29(20,21)5)37-17(3)31)28(4)18(11-19(32)13-24(28)33)12-23(27)36-16(2)30/h15,18-25,27,32-33H,7-14H2,1-6H3/t15-,18+,19-,20-,21+,22?,23-,24-,25+,27?,28+,29-/m1/s1. The topological polar surface area (TPSA) is 119 Å². The molecule has 0 aromatic rings. The molecule has 4 rings (SSSR count). The molecule has 4 fully saturated rings. The first kappa shape index (κ1) is 28.3. The molecule has 37 heavy (non-hydrogen) atoms. The minimum Gasteiger partial charge on any atom is -0.469 e. The molecule has 4 aliphatic carbocycles. The number of aliphatic hydroxyl groups is 2. The first-order valence-electron chi connectivity index (χ1n) is 14.1. The van der Waals surface area contributed by atoms with Crippen LogP contribution >= 0.6 is 0 Å². The van der Waals surface area contributed by atoms with Crippen LogP contribution < -0.4 is 0 Å². The highest BCUT2D eigenvalue weighted by atomic mass is 16.5. The van der Waals surface area contributed by atoms with Crippen LogP contribution in [0.5, 0.6) is 0 Å². The molecule has 0 heterocycles. The van der Waals surface area contributed by atoms with Crippen molar-refractivity contribution in [2.45, 2.75) is 110 Å². The normalized spacial score (nSPS) is 45.6. The van der Waals surface area contributed by atoms with Gasteiger partial charge in [0.05, 0.1) is 19.3 Å². The van der Waals surface area contributed by atoms with Crippen molar-refractivity contribution in [1.29, 1.82) is 0 Å². The Hall–Kier alpha value is -1.67.